The maximum absolute atomic E-state index is 11.8. The number of hydrogen-bond donors (Lipinski definition) is 2. The lowest BCUT2D eigenvalue weighted by atomic mass is 9.43. The average molecular weight is 2100 g/mol. The zero-order valence-corrected chi connectivity index (χ0v) is 94.9. The van der Waals surface area contributed by atoms with E-state index in [9.17, 15) is 23.4 Å². The number of azide groups is 1. The standard InChI is InChI=1S/C26H40O4.C25H40O5S.C24H37N3O2.2C24H38O3.5CH4/c1-7-16-8-9-18-21-19(11-13-25(16,18)5)26(6)12-10-17(28-15(2)27)14-20(26)22-23(21)30-24(3,4)29-22;1-7-15-8-9-17-20-18(11-13-24(15,17)4)25(5)12-10-16(30-31(6,26)27)14-19(25)21-22(20)29-23(2,3)28-21;1-6-14-7-8-16-19-17(10-12-23(14,16)4)24(5)11-9-15(26-27-25)13-18(24)20-21(19)29-22(2,3)28-20;2*1-6-14-7-8-16-19-17(10-12-23(14,16)4)24(5)11-9-15(25)13-18(24)20-21(19)27-22(2,3)26-20;;;;;/h7,17-23H,8-14H2,1-6H3;7,16-22H,8-14H2,1-6H3;6,15-21H,7-13H2,1-5H3;2*6,15-21,25H,7-13H2,1-5H3;5*1H4/b16-7-;15-7-;3*14-6-;;;;;/t17-,18?,19?,20?,21?,22-,23-,25-,26-;16-,17?,18?,19?,20?,21+,22+,24+,25+;2*15-,16?,17?,18?,19?,20+,21+,23+,24+;15-,16?,17?,18?,19?,20-,21-,23-,24-;;;;;/m10001...../s1. The van der Waals surface area contributed by atoms with Crippen LogP contribution in [0.3, 0.4) is 0 Å². The van der Waals surface area contributed by atoms with Gasteiger partial charge >= 0.3 is 5.97 Å². The molecule has 0 radical (unpaired) electrons. The molecule has 25 aliphatic rings. The molecule has 20 nitrogen and oxygen atoms in total. The summed E-state index contributed by atoms with van der Waals surface area (Å²) < 4.78 is 101. The molecule has 0 aromatic heterocycles. The van der Waals surface area contributed by atoms with Gasteiger partial charge in [0.15, 0.2) is 28.9 Å². The van der Waals surface area contributed by atoms with Crippen molar-refractivity contribution in [3.8, 4) is 0 Å². The van der Waals surface area contributed by atoms with Crippen molar-refractivity contribution in [2.75, 3.05) is 6.26 Å². The molecular weight excluding hydrogens is 1880 g/mol. The van der Waals surface area contributed by atoms with Crippen LogP contribution in [0.4, 0.5) is 0 Å². The van der Waals surface area contributed by atoms with E-state index >= 15 is 0 Å². The molecule has 25 fully saturated rings. The van der Waals surface area contributed by atoms with E-state index in [2.05, 4.69) is 200 Å². The van der Waals surface area contributed by atoms with E-state index < -0.39 is 39.1 Å². The molecule has 5 saturated heterocycles. The predicted molar refractivity (Wildman–Crippen MR) is 594 cm³/mol. The van der Waals surface area contributed by atoms with Gasteiger partial charge in [0.05, 0.1) is 85.6 Å². The number of esters is 1. The first-order chi connectivity index (χ1) is 67.6. The van der Waals surface area contributed by atoms with Crippen molar-refractivity contribution in [1.82, 2.24) is 0 Å². The number of carbonyl (C=O) groups excluding carboxylic acids is 1. The molecule has 21 heteroatoms. The molecule has 25 rings (SSSR count). The van der Waals surface area contributed by atoms with Crippen LogP contribution in [0.2, 0.25) is 0 Å². The van der Waals surface area contributed by atoms with Crippen LogP contribution in [-0.4, -0.2) is 151 Å². The summed E-state index contributed by atoms with van der Waals surface area (Å²) >= 11 is 0. The summed E-state index contributed by atoms with van der Waals surface area (Å²) in [5.41, 5.74) is 20.3. The van der Waals surface area contributed by atoms with E-state index in [0.29, 0.717) is 122 Å². The maximum atomic E-state index is 11.8. The highest BCUT2D eigenvalue weighted by atomic mass is 32.2. The fraction of sp³-hybridized carbons (Fsp3) is 0.914. The van der Waals surface area contributed by atoms with Crippen molar-refractivity contribution in [2.24, 2.45) is 178 Å². The molecule has 848 valence electrons. The Morgan fingerprint density at radius 1 is 0.309 bits per heavy atom. The minimum Gasteiger partial charge on any atom is -0.463 e. The summed E-state index contributed by atoms with van der Waals surface area (Å²) in [6.45, 7) is 58.6. The molecule has 0 spiro atoms. The van der Waals surface area contributed by atoms with Gasteiger partial charge in [0.25, 0.3) is 10.1 Å². The predicted octanol–water partition coefficient (Wildman–Crippen LogP) is 30.4. The van der Waals surface area contributed by atoms with Crippen LogP contribution in [0.5, 0.6) is 0 Å². The molecule has 20 aliphatic carbocycles. The fourth-order valence-electron chi connectivity index (χ4n) is 43.2. The molecule has 5 heterocycles. The molecule has 0 bridgehead atoms. The molecule has 0 amide bonds. The van der Waals surface area contributed by atoms with Crippen molar-refractivity contribution < 1.29 is 79.7 Å². The van der Waals surface area contributed by atoms with Crippen LogP contribution in [0.15, 0.2) is 63.4 Å². The van der Waals surface area contributed by atoms with Gasteiger partial charge in [-0.15, -0.1) is 0 Å². The lowest BCUT2D eigenvalue weighted by molar-refractivity contribution is -0.190. The summed E-state index contributed by atoms with van der Waals surface area (Å²) in [5.74, 6) is 8.88. The Hall–Kier alpha value is -3.09. The first-order valence-corrected chi connectivity index (χ1v) is 60.9. The first-order valence-electron chi connectivity index (χ1n) is 59.1. The Balaban J connectivity index is 0.000000132. The van der Waals surface area contributed by atoms with Gasteiger partial charge in [-0.3, -0.25) is 8.98 Å². The first kappa shape index (κ1) is 118. The van der Waals surface area contributed by atoms with Crippen LogP contribution in [0.1, 0.15) is 442 Å². The van der Waals surface area contributed by atoms with Crippen molar-refractivity contribution in [2.45, 2.75) is 562 Å². The van der Waals surface area contributed by atoms with E-state index in [1.807, 2.05) is 13.8 Å². The number of carbonyl (C=O) groups is 1. The Kier molecular flexibility index (Phi) is 32.7. The number of fused-ring (bicyclic) bond motifs is 40. The number of aliphatic hydroxyl groups is 2. The Morgan fingerprint density at radius 3 is 0.772 bits per heavy atom. The second-order valence-corrected chi connectivity index (χ2v) is 59.2. The van der Waals surface area contributed by atoms with E-state index in [1.165, 1.54) is 142 Å². The number of nitrogens with zero attached hydrogens (tertiary/aromatic N) is 3. The molecule has 45 atom stereocenters. The van der Waals surface area contributed by atoms with Gasteiger partial charge in [0, 0.05) is 17.9 Å². The third kappa shape index (κ3) is 19.1. The summed E-state index contributed by atoms with van der Waals surface area (Å²) in [7, 11) is -3.46. The third-order valence-corrected chi connectivity index (χ3v) is 50.0. The highest BCUT2D eigenvalue weighted by molar-refractivity contribution is 7.86. The second-order valence-electron chi connectivity index (χ2n) is 57.6. The summed E-state index contributed by atoms with van der Waals surface area (Å²) in [6, 6.07) is 0.109. The van der Waals surface area contributed by atoms with Crippen LogP contribution in [0.25, 0.3) is 10.4 Å². The number of aliphatic hydroxyl groups excluding tert-OH is 2. The molecule has 20 saturated carbocycles. The van der Waals surface area contributed by atoms with Crippen molar-refractivity contribution >= 4 is 16.1 Å². The Bertz CT molecular complexity index is 5050. The van der Waals surface area contributed by atoms with Gasteiger partial charge in [-0.2, -0.15) is 8.42 Å². The van der Waals surface area contributed by atoms with Gasteiger partial charge in [0.1, 0.15) is 6.10 Å². The van der Waals surface area contributed by atoms with Gasteiger partial charge in [-0.1, -0.05) is 170 Å². The maximum Gasteiger partial charge on any atom is 0.302 e. The number of allylic oxidation sites excluding steroid dienone is 10. The summed E-state index contributed by atoms with van der Waals surface area (Å²) in [4.78, 5) is 14.8. The minimum absolute atomic E-state index is 0. The minimum atomic E-state index is -3.46. The third-order valence-electron chi connectivity index (χ3n) is 49.3. The second kappa shape index (κ2) is 41.2. The van der Waals surface area contributed by atoms with Gasteiger partial charge < -0.3 is 62.3 Å². The highest BCUT2D eigenvalue weighted by Crippen LogP contribution is 2.78. The van der Waals surface area contributed by atoms with Gasteiger partial charge in [-0.25, -0.2) is 0 Å². The summed E-state index contributed by atoms with van der Waals surface area (Å²) in [6.07, 6.45) is 54.4. The van der Waals surface area contributed by atoms with Crippen LogP contribution >= 0.6 is 0 Å². The van der Waals surface area contributed by atoms with Crippen LogP contribution < -0.4 is 0 Å². The highest BCUT2D eigenvalue weighted by Gasteiger charge is 2.76. The Morgan fingerprint density at radius 2 is 0.530 bits per heavy atom. The summed E-state index contributed by atoms with van der Waals surface area (Å²) in [5, 5.41) is 25.0. The quantitative estimate of drug-likeness (QED) is 0.0663. The smallest absolute Gasteiger partial charge is 0.302 e. The van der Waals surface area contributed by atoms with Gasteiger partial charge in [-0.05, 0) is 507 Å². The Labute approximate surface area is 905 Å². The van der Waals surface area contributed by atoms with Crippen LogP contribution in [0, 0.1) is 173 Å². The van der Waals surface area contributed by atoms with Crippen LogP contribution in [-0.2, 0) is 71.2 Å². The van der Waals surface area contributed by atoms with E-state index in [1.54, 1.807) is 27.9 Å². The van der Waals surface area contributed by atoms with Gasteiger partial charge in [0.2, 0.25) is 0 Å². The normalized spacial score (nSPS) is 53.0. The lowest BCUT2D eigenvalue weighted by Gasteiger charge is -2.63. The molecule has 0 aromatic carbocycles. The average Bonchev–Trinajstić information content (AvgIpc) is 1.56. The molecule has 149 heavy (non-hydrogen) atoms. The molecule has 2 N–H and O–H groups in total. The van der Waals surface area contributed by atoms with Crippen molar-refractivity contribution in [3.05, 3.63) is 68.7 Å². The van der Waals surface area contributed by atoms with Crippen molar-refractivity contribution in [1.29, 1.82) is 0 Å². The molecule has 5 aliphatic heterocycles. The van der Waals surface area contributed by atoms with E-state index in [0.717, 1.165) is 108 Å². The fourth-order valence-corrected chi connectivity index (χ4v) is 43.9. The zero-order valence-electron chi connectivity index (χ0n) is 94.1. The van der Waals surface area contributed by atoms with Crippen molar-refractivity contribution in [3.63, 3.8) is 0 Å². The number of ether oxygens (including phenoxy) is 11. The van der Waals surface area contributed by atoms with E-state index in [-0.39, 0.29) is 173 Å². The SMILES string of the molecule is C.C.C.C.C.C/C=C1/CCC2C3C(CC[C@]12C)[C@@]1(C)CC[C@@H](O)CC1[C@H]1OC(C)(C)O[C@H]31.C/C=C1/CCC2C3C(CC[C@]12C)[C@@]1(C)CC[C@@H](OC(C)=O)CC1[C@H]1OC(C)(C)O[C@H]31.C/C=C1/CCC2C3C(CC[C@]12C)[C@@]1(C)CC[C@H](N=[N+]=[N-])CC1[C@H]1OC(C)(C)O[C@H]31.C/C=C1/CCC2C3C(CC[C@]12C)[C@@]1(C)CC[C@H](O)CC1[C@H]1OC(C)(C)O[C@H]31.C/C=C1/CCC2C3C(CC[C@]12C)[C@@]1(C)CC[C@H](OS(C)(=O)=O)CC1[C@H]1OC(C)(C)O[C@H]31. The lowest BCUT2D eigenvalue weighted by Crippen LogP contribution is -2.63. The molecule has 20 unspecified atom stereocenters. The largest absolute Gasteiger partial charge is 0.463 e. The van der Waals surface area contributed by atoms with E-state index in [4.69, 9.17) is 61.8 Å². The molecule has 0 aromatic rings. The zero-order chi connectivity index (χ0) is 103. The monoisotopic (exact) mass is 2100 g/mol. The topological polar surface area (TPSA) is 251 Å². The number of rotatable bonds is 4. The molecular formula is C128H213N3O17S. The number of hydrogen-bond acceptors (Lipinski definition) is 18.